The van der Waals surface area contributed by atoms with Crippen LogP contribution in [0.15, 0.2) is 18.2 Å². The number of halogens is 1. The third kappa shape index (κ3) is 3.85. The number of rotatable bonds is 6. The molecule has 1 aromatic carbocycles. The Balaban J connectivity index is 2.30. The Morgan fingerprint density at radius 2 is 2.00 bits per heavy atom. The molecule has 118 valence electrons. The first kappa shape index (κ1) is 16.5. The summed E-state index contributed by atoms with van der Waals surface area (Å²) in [6.45, 7) is 7.29. The van der Waals surface area contributed by atoms with Crippen LogP contribution < -0.4 is 5.32 Å². The summed E-state index contributed by atoms with van der Waals surface area (Å²) in [7, 11) is 0. The molecule has 3 atom stereocenters. The lowest BCUT2D eigenvalue weighted by molar-refractivity contribution is 0.173. The number of aryl methyl sites for hydroxylation is 1. The third-order valence-corrected chi connectivity index (χ3v) is 5.09. The molecule has 0 radical (unpaired) electrons. The minimum atomic E-state index is -0.00784. The molecular formula is C19H30FN. The van der Waals surface area contributed by atoms with E-state index in [0.717, 1.165) is 30.0 Å². The lowest BCUT2D eigenvalue weighted by Crippen LogP contribution is -2.35. The van der Waals surface area contributed by atoms with Crippen molar-refractivity contribution in [3.63, 3.8) is 0 Å². The van der Waals surface area contributed by atoms with Crippen molar-refractivity contribution in [1.29, 1.82) is 0 Å². The third-order valence-electron chi connectivity index (χ3n) is 5.09. The number of hydrogen-bond acceptors (Lipinski definition) is 1. The van der Waals surface area contributed by atoms with Crippen molar-refractivity contribution in [2.75, 3.05) is 6.54 Å². The van der Waals surface area contributed by atoms with Gasteiger partial charge in [-0.2, -0.15) is 0 Å². The zero-order valence-corrected chi connectivity index (χ0v) is 13.8. The quantitative estimate of drug-likeness (QED) is 0.741. The van der Waals surface area contributed by atoms with Crippen LogP contribution in [0.5, 0.6) is 0 Å². The second kappa shape index (κ2) is 7.93. The van der Waals surface area contributed by atoms with Crippen LogP contribution in [0.3, 0.4) is 0 Å². The summed E-state index contributed by atoms with van der Waals surface area (Å²) < 4.78 is 14.6. The summed E-state index contributed by atoms with van der Waals surface area (Å²) in [6.07, 6.45) is 7.47. The van der Waals surface area contributed by atoms with Crippen molar-refractivity contribution in [1.82, 2.24) is 5.32 Å². The van der Waals surface area contributed by atoms with Gasteiger partial charge in [0.1, 0.15) is 5.82 Å². The largest absolute Gasteiger partial charge is 0.310 e. The van der Waals surface area contributed by atoms with Gasteiger partial charge in [0.15, 0.2) is 0 Å². The van der Waals surface area contributed by atoms with Crippen LogP contribution in [0.1, 0.15) is 69.5 Å². The number of hydrogen-bond donors (Lipinski definition) is 1. The Morgan fingerprint density at radius 3 is 2.71 bits per heavy atom. The van der Waals surface area contributed by atoms with Gasteiger partial charge in [0, 0.05) is 11.6 Å². The summed E-state index contributed by atoms with van der Waals surface area (Å²) in [5.41, 5.74) is 1.65. The fourth-order valence-electron chi connectivity index (χ4n) is 3.88. The first-order valence-electron chi connectivity index (χ1n) is 8.67. The minimum Gasteiger partial charge on any atom is -0.310 e. The summed E-state index contributed by atoms with van der Waals surface area (Å²) in [5, 5.41) is 3.65. The molecular weight excluding hydrogens is 261 g/mol. The van der Waals surface area contributed by atoms with Crippen molar-refractivity contribution in [3.05, 3.63) is 35.1 Å². The van der Waals surface area contributed by atoms with E-state index in [2.05, 4.69) is 19.2 Å². The van der Waals surface area contributed by atoms with Gasteiger partial charge in [0.2, 0.25) is 0 Å². The highest BCUT2D eigenvalue weighted by atomic mass is 19.1. The van der Waals surface area contributed by atoms with Gasteiger partial charge >= 0.3 is 0 Å². The van der Waals surface area contributed by atoms with E-state index >= 15 is 0 Å². The van der Waals surface area contributed by atoms with Crippen molar-refractivity contribution in [2.45, 2.75) is 65.3 Å². The molecule has 1 aliphatic carbocycles. The van der Waals surface area contributed by atoms with E-state index in [9.17, 15) is 4.39 Å². The smallest absolute Gasteiger partial charge is 0.130 e. The summed E-state index contributed by atoms with van der Waals surface area (Å²) >= 11 is 0. The van der Waals surface area contributed by atoms with Crippen LogP contribution in [0, 0.1) is 24.6 Å². The Bertz CT molecular complexity index is 443. The first-order valence-corrected chi connectivity index (χ1v) is 8.67. The highest BCUT2D eigenvalue weighted by Gasteiger charge is 2.32. The molecule has 0 heterocycles. The fraction of sp³-hybridized carbons (Fsp3) is 0.684. The van der Waals surface area contributed by atoms with E-state index in [4.69, 9.17) is 0 Å². The molecule has 1 aliphatic rings. The van der Waals surface area contributed by atoms with Crippen LogP contribution in [-0.4, -0.2) is 6.54 Å². The van der Waals surface area contributed by atoms with Crippen molar-refractivity contribution < 1.29 is 4.39 Å². The van der Waals surface area contributed by atoms with Crippen LogP contribution in [-0.2, 0) is 0 Å². The lowest BCUT2D eigenvalue weighted by atomic mass is 9.72. The van der Waals surface area contributed by atoms with Crippen molar-refractivity contribution in [2.24, 2.45) is 11.8 Å². The molecule has 1 saturated carbocycles. The monoisotopic (exact) mass is 291 g/mol. The molecule has 2 heteroatoms. The second-order valence-corrected chi connectivity index (χ2v) is 6.53. The molecule has 1 fully saturated rings. The van der Waals surface area contributed by atoms with E-state index in [0.29, 0.717) is 5.92 Å². The summed E-state index contributed by atoms with van der Waals surface area (Å²) in [4.78, 5) is 0. The predicted octanol–water partition coefficient (Wildman–Crippen LogP) is 5.39. The summed E-state index contributed by atoms with van der Waals surface area (Å²) in [6, 6.07) is 6.03. The fourth-order valence-corrected chi connectivity index (χ4v) is 3.88. The molecule has 1 aromatic rings. The van der Waals surface area contributed by atoms with E-state index in [1.165, 1.54) is 32.1 Å². The van der Waals surface area contributed by atoms with Gasteiger partial charge in [-0.15, -0.1) is 0 Å². The molecule has 0 saturated heterocycles. The van der Waals surface area contributed by atoms with Crippen molar-refractivity contribution in [3.8, 4) is 0 Å². The Labute approximate surface area is 129 Å². The average Bonchev–Trinajstić information content (AvgIpc) is 2.52. The van der Waals surface area contributed by atoms with E-state index in [1.54, 1.807) is 0 Å². The Morgan fingerprint density at radius 1 is 1.24 bits per heavy atom. The van der Waals surface area contributed by atoms with Crippen LogP contribution in [0.2, 0.25) is 0 Å². The van der Waals surface area contributed by atoms with Gasteiger partial charge in [-0.25, -0.2) is 4.39 Å². The molecule has 21 heavy (non-hydrogen) atoms. The maximum absolute atomic E-state index is 14.6. The highest BCUT2D eigenvalue weighted by molar-refractivity contribution is 5.28. The van der Waals surface area contributed by atoms with Gasteiger partial charge in [-0.05, 0) is 43.7 Å². The molecule has 0 aliphatic heterocycles. The zero-order chi connectivity index (χ0) is 15.2. The molecule has 0 aromatic heterocycles. The molecule has 0 amide bonds. The van der Waals surface area contributed by atoms with Crippen LogP contribution in [0.4, 0.5) is 4.39 Å². The molecule has 0 bridgehead atoms. The van der Waals surface area contributed by atoms with Crippen LogP contribution >= 0.6 is 0 Å². The lowest BCUT2D eigenvalue weighted by Gasteiger charge is -2.38. The Kier molecular flexibility index (Phi) is 6.22. The minimum absolute atomic E-state index is 0.00784. The first-order chi connectivity index (χ1) is 10.2. The van der Waals surface area contributed by atoms with E-state index < -0.39 is 0 Å². The standard InChI is InChI=1S/C19H30FN/c1-4-13-21-19(16-11-7-6-10-15(16)5-2)17-12-8-9-14(3)18(17)20/h8-9,12,15-16,19,21H,4-7,10-11,13H2,1-3H3. The predicted molar refractivity (Wildman–Crippen MR) is 87.9 cm³/mol. The molecule has 1 nitrogen and oxygen atoms in total. The molecule has 1 N–H and O–H groups in total. The normalized spacial score (nSPS) is 24.0. The molecule has 0 spiro atoms. The van der Waals surface area contributed by atoms with E-state index in [1.807, 2.05) is 25.1 Å². The molecule has 2 rings (SSSR count). The summed E-state index contributed by atoms with van der Waals surface area (Å²) in [5.74, 6) is 1.30. The Hall–Kier alpha value is -0.890. The highest BCUT2D eigenvalue weighted by Crippen LogP contribution is 2.41. The van der Waals surface area contributed by atoms with Gasteiger partial charge in [-0.3, -0.25) is 0 Å². The van der Waals surface area contributed by atoms with Crippen molar-refractivity contribution >= 4 is 0 Å². The van der Waals surface area contributed by atoms with Gasteiger partial charge in [0.05, 0.1) is 0 Å². The molecule has 3 unspecified atom stereocenters. The second-order valence-electron chi connectivity index (χ2n) is 6.53. The SMILES string of the molecule is CCCNC(c1cccc(C)c1F)C1CCCCC1CC. The van der Waals surface area contributed by atoms with Crippen LogP contribution in [0.25, 0.3) is 0 Å². The maximum atomic E-state index is 14.6. The van der Waals surface area contributed by atoms with Gasteiger partial charge in [0.25, 0.3) is 0 Å². The van der Waals surface area contributed by atoms with E-state index in [-0.39, 0.29) is 11.9 Å². The van der Waals surface area contributed by atoms with Gasteiger partial charge in [-0.1, -0.05) is 57.7 Å². The number of nitrogens with one attached hydrogen (secondary N) is 1. The number of benzene rings is 1. The van der Waals surface area contributed by atoms with Gasteiger partial charge < -0.3 is 5.32 Å². The topological polar surface area (TPSA) is 12.0 Å². The average molecular weight is 291 g/mol. The maximum Gasteiger partial charge on any atom is 0.130 e. The zero-order valence-electron chi connectivity index (χ0n) is 13.8.